The van der Waals surface area contributed by atoms with Crippen molar-refractivity contribution in [1.29, 1.82) is 5.26 Å². The van der Waals surface area contributed by atoms with Gasteiger partial charge in [0.25, 0.3) is 0 Å². The summed E-state index contributed by atoms with van der Waals surface area (Å²) in [5, 5.41) is 21.9. The van der Waals surface area contributed by atoms with Crippen LogP contribution in [0, 0.1) is 21.4 Å². The molecule has 0 saturated carbocycles. The lowest BCUT2D eigenvalue weighted by Crippen LogP contribution is -2.07. The number of nitrogens with zero attached hydrogens (tertiary/aromatic N) is 2. The molecule has 0 aliphatic heterocycles. The van der Waals surface area contributed by atoms with Crippen molar-refractivity contribution in [1.82, 2.24) is 0 Å². The van der Waals surface area contributed by atoms with Crippen LogP contribution in [0.4, 0.5) is 10.7 Å². The number of nitrogens with one attached hydrogen (secondary N) is 1. The number of hydrogen-bond donors (Lipinski definition) is 1. The van der Waals surface area contributed by atoms with Crippen molar-refractivity contribution in [3.63, 3.8) is 0 Å². The molecule has 0 unspecified atom stereocenters. The molecule has 1 amide bonds. The molecule has 0 radical (unpaired) electrons. The predicted molar refractivity (Wildman–Crippen MR) is 79.8 cm³/mol. The molecule has 0 atom stereocenters. The normalized spacial score (nSPS) is 10.2. The average Bonchev–Trinajstić information content (AvgIpc) is 2.95. The van der Waals surface area contributed by atoms with E-state index in [1.807, 2.05) is 6.07 Å². The third-order valence-corrected chi connectivity index (χ3v) is 3.48. The van der Waals surface area contributed by atoms with Crippen molar-refractivity contribution < 1.29 is 9.72 Å². The molecule has 2 rings (SSSR count). The molecule has 0 bridgehead atoms. The number of amides is 1. The molecule has 2 aromatic rings. The second kappa shape index (κ2) is 6.45. The van der Waals surface area contributed by atoms with Crippen LogP contribution >= 0.6 is 11.3 Å². The standard InChI is InChI=1S/C14H9N3O3S/c15-9-10-1-3-11(4-2-10)16-13(18)7-5-12-6-8-14(21-12)17(19)20/h1-8H,(H,16,18)/b7-5+. The summed E-state index contributed by atoms with van der Waals surface area (Å²) in [5.74, 6) is -0.351. The number of nitriles is 1. The Bertz CT molecular complexity index is 742. The smallest absolute Gasteiger partial charge is 0.323 e. The number of hydrogen-bond acceptors (Lipinski definition) is 5. The summed E-state index contributed by atoms with van der Waals surface area (Å²) in [6.07, 6.45) is 2.81. The number of carbonyl (C=O) groups excluding carboxylic acids is 1. The first-order chi connectivity index (χ1) is 10.1. The van der Waals surface area contributed by atoms with Crippen molar-refractivity contribution in [3.8, 4) is 6.07 Å². The molecule has 1 aromatic heterocycles. The molecule has 1 N–H and O–H groups in total. The minimum Gasteiger partial charge on any atom is -0.323 e. The van der Waals surface area contributed by atoms with E-state index in [-0.39, 0.29) is 10.9 Å². The maximum absolute atomic E-state index is 11.7. The minimum absolute atomic E-state index is 0.0298. The fraction of sp³-hybridized carbons (Fsp3) is 0. The molecule has 0 aliphatic carbocycles. The first kappa shape index (κ1) is 14.4. The topological polar surface area (TPSA) is 96.0 Å². The van der Waals surface area contributed by atoms with Gasteiger partial charge in [0.15, 0.2) is 0 Å². The van der Waals surface area contributed by atoms with E-state index in [4.69, 9.17) is 5.26 Å². The summed E-state index contributed by atoms with van der Waals surface area (Å²) in [7, 11) is 0. The van der Waals surface area contributed by atoms with Gasteiger partial charge in [-0.2, -0.15) is 5.26 Å². The van der Waals surface area contributed by atoms with Crippen LogP contribution in [0.25, 0.3) is 6.08 Å². The molecular weight excluding hydrogens is 290 g/mol. The molecule has 1 aromatic carbocycles. The number of rotatable bonds is 4. The molecule has 21 heavy (non-hydrogen) atoms. The number of benzene rings is 1. The van der Waals surface area contributed by atoms with Crippen LogP contribution in [0.15, 0.2) is 42.5 Å². The van der Waals surface area contributed by atoms with Crippen LogP contribution in [0.5, 0.6) is 0 Å². The second-order valence-electron chi connectivity index (χ2n) is 3.94. The lowest BCUT2D eigenvalue weighted by atomic mass is 10.2. The highest BCUT2D eigenvalue weighted by Crippen LogP contribution is 2.24. The van der Waals surface area contributed by atoms with Gasteiger partial charge >= 0.3 is 5.00 Å². The Morgan fingerprint density at radius 2 is 2.00 bits per heavy atom. The molecule has 7 heteroatoms. The molecule has 104 valence electrons. The van der Waals surface area contributed by atoms with E-state index in [2.05, 4.69) is 5.32 Å². The third-order valence-electron chi connectivity index (χ3n) is 2.47. The van der Waals surface area contributed by atoms with E-state index in [9.17, 15) is 14.9 Å². The van der Waals surface area contributed by atoms with Crippen molar-refractivity contribution >= 4 is 34.0 Å². The van der Waals surface area contributed by atoms with Crippen LogP contribution in [0.2, 0.25) is 0 Å². The van der Waals surface area contributed by atoms with Crippen molar-refractivity contribution in [2.45, 2.75) is 0 Å². The van der Waals surface area contributed by atoms with E-state index < -0.39 is 4.92 Å². The summed E-state index contributed by atoms with van der Waals surface area (Å²) < 4.78 is 0. The number of anilines is 1. The molecule has 6 nitrogen and oxygen atoms in total. The Morgan fingerprint density at radius 1 is 1.29 bits per heavy atom. The fourth-order valence-corrected chi connectivity index (χ4v) is 2.22. The van der Waals surface area contributed by atoms with Gasteiger partial charge in [-0.1, -0.05) is 11.3 Å². The van der Waals surface area contributed by atoms with Gasteiger partial charge in [-0.05, 0) is 36.4 Å². The lowest BCUT2D eigenvalue weighted by Gasteiger charge is -2.01. The monoisotopic (exact) mass is 299 g/mol. The van der Waals surface area contributed by atoms with Gasteiger partial charge < -0.3 is 5.32 Å². The van der Waals surface area contributed by atoms with Gasteiger partial charge in [0.1, 0.15) is 0 Å². The summed E-state index contributed by atoms with van der Waals surface area (Å²) in [6, 6.07) is 11.4. The third kappa shape index (κ3) is 3.99. The molecular formula is C14H9N3O3S. The summed E-state index contributed by atoms with van der Waals surface area (Å²) in [5.41, 5.74) is 1.08. The fourth-order valence-electron chi connectivity index (χ4n) is 1.50. The average molecular weight is 299 g/mol. The molecule has 0 spiro atoms. The van der Waals surface area contributed by atoms with Gasteiger partial charge in [-0.25, -0.2) is 0 Å². The van der Waals surface area contributed by atoms with Gasteiger partial charge in [-0.15, -0.1) is 0 Å². The van der Waals surface area contributed by atoms with Crippen LogP contribution in [0.1, 0.15) is 10.4 Å². The van der Waals surface area contributed by atoms with Crippen LogP contribution < -0.4 is 5.32 Å². The van der Waals surface area contributed by atoms with Crippen molar-refractivity contribution in [2.75, 3.05) is 5.32 Å². The molecule has 0 saturated heterocycles. The number of thiophene rings is 1. The van der Waals surface area contributed by atoms with Crippen LogP contribution in [0.3, 0.4) is 0 Å². The highest BCUT2D eigenvalue weighted by atomic mass is 32.1. The van der Waals surface area contributed by atoms with Gasteiger partial charge in [0, 0.05) is 22.7 Å². The summed E-state index contributed by atoms with van der Waals surface area (Å²) in [6.45, 7) is 0. The van der Waals surface area contributed by atoms with E-state index in [1.165, 1.54) is 18.2 Å². The Kier molecular flexibility index (Phi) is 4.43. The second-order valence-corrected chi connectivity index (χ2v) is 5.04. The largest absolute Gasteiger partial charge is 0.324 e. The Hall–Kier alpha value is -2.98. The highest BCUT2D eigenvalue weighted by Gasteiger charge is 2.07. The van der Waals surface area contributed by atoms with E-state index in [1.54, 1.807) is 30.3 Å². The molecule has 1 heterocycles. The Balaban J connectivity index is 1.98. The van der Waals surface area contributed by atoms with E-state index in [0.29, 0.717) is 16.1 Å². The summed E-state index contributed by atoms with van der Waals surface area (Å²) in [4.78, 5) is 22.4. The number of nitro groups is 1. The highest BCUT2D eigenvalue weighted by molar-refractivity contribution is 7.16. The molecule has 0 aliphatic rings. The van der Waals surface area contributed by atoms with Crippen LogP contribution in [-0.4, -0.2) is 10.8 Å². The van der Waals surface area contributed by atoms with E-state index >= 15 is 0 Å². The first-order valence-electron chi connectivity index (χ1n) is 5.82. The first-order valence-corrected chi connectivity index (χ1v) is 6.63. The van der Waals surface area contributed by atoms with E-state index in [0.717, 1.165) is 11.3 Å². The van der Waals surface area contributed by atoms with Crippen molar-refractivity contribution in [2.24, 2.45) is 0 Å². The zero-order chi connectivity index (χ0) is 15.2. The quantitative estimate of drug-likeness (QED) is 0.532. The maximum Gasteiger partial charge on any atom is 0.324 e. The van der Waals surface area contributed by atoms with Gasteiger partial charge in [0.05, 0.1) is 16.6 Å². The Labute approximate surface area is 124 Å². The molecule has 0 fully saturated rings. The zero-order valence-electron chi connectivity index (χ0n) is 10.6. The van der Waals surface area contributed by atoms with Crippen LogP contribution in [-0.2, 0) is 4.79 Å². The van der Waals surface area contributed by atoms with Crippen molar-refractivity contribution in [3.05, 3.63) is 63.0 Å². The Morgan fingerprint density at radius 3 is 2.57 bits per heavy atom. The zero-order valence-corrected chi connectivity index (χ0v) is 11.5. The summed E-state index contributed by atoms with van der Waals surface area (Å²) >= 11 is 0.992. The van der Waals surface area contributed by atoms with Gasteiger partial charge in [0.2, 0.25) is 5.91 Å². The lowest BCUT2D eigenvalue weighted by molar-refractivity contribution is -0.380. The number of carbonyl (C=O) groups is 1. The van der Waals surface area contributed by atoms with Gasteiger partial charge in [-0.3, -0.25) is 14.9 Å². The maximum atomic E-state index is 11.7. The predicted octanol–water partition coefficient (Wildman–Crippen LogP) is 3.18. The SMILES string of the molecule is N#Cc1ccc(NC(=O)/C=C/c2ccc([N+](=O)[O-])s2)cc1. The minimum atomic E-state index is -0.473.